The Kier molecular flexibility index (Phi) is 5.05. The molecule has 0 fully saturated rings. The Labute approximate surface area is 137 Å². The zero-order valence-corrected chi connectivity index (χ0v) is 16.6. The van der Waals surface area contributed by atoms with Crippen molar-refractivity contribution in [1.29, 1.82) is 0 Å². The molecule has 1 aromatic carbocycles. The number of hydrogen-bond donors (Lipinski definition) is 0. The van der Waals surface area contributed by atoms with Crippen LogP contribution in [0.25, 0.3) is 5.69 Å². The van der Waals surface area contributed by atoms with E-state index in [0.29, 0.717) is 19.7 Å². The summed E-state index contributed by atoms with van der Waals surface area (Å²) in [4.78, 5) is 12.7. The summed E-state index contributed by atoms with van der Waals surface area (Å²) in [5.41, 5.74) is 4.97. The summed E-state index contributed by atoms with van der Waals surface area (Å²) in [7, 11) is 1.52. The molecule has 120 valence electrons. The molecular formula is C18H27NOP2. The van der Waals surface area contributed by atoms with E-state index in [1.807, 2.05) is 4.57 Å². The van der Waals surface area contributed by atoms with Crippen LogP contribution in [-0.2, 0) is 5.41 Å². The second-order valence-electron chi connectivity index (χ2n) is 7.53. The lowest BCUT2D eigenvalue weighted by molar-refractivity contribution is 0.565. The van der Waals surface area contributed by atoms with Crippen LogP contribution in [0.3, 0.4) is 0 Å². The van der Waals surface area contributed by atoms with Crippen molar-refractivity contribution in [3.05, 3.63) is 44.8 Å². The van der Waals surface area contributed by atoms with Crippen LogP contribution in [-0.4, -0.2) is 4.57 Å². The van der Waals surface area contributed by atoms with Crippen LogP contribution in [0.15, 0.2) is 23.0 Å². The highest BCUT2D eigenvalue weighted by molar-refractivity contribution is 7.90. The van der Waals surface area contributed by atoms with Gasteiger partial charge in [0.2, 0.25) is 0 Å². The van der Waals surface area contributed by atoms with E-state index in [-0.39, 0.29) is 10.7 Å². The lowest BCUT2D eigenvalue weighted by atomic mass is 9.91. The summed E-state index contributed by atoms with van der Waals surface area (Å²) in [5, 5.41) is 0.265. The van der Waals surface area contributed by atoms with Crippen molar-refractivity contribution in [2.75, 3.05) is 0 Å². The Hall–Kier alpha value is -0.840. The van der Waals surface area contributed by atoms with Gasteiger partial charge in [-0.25, -0.2) is 0 Å². The number of para-hydroxylation sites is 1. The summed E-state index contributed by atoms with van der Waals surface area (Å²) in [5.74, 6) is 0.812. The Morgan fingerprint density at radius 1 is 1.05 bits per heavy atom. The second-order valence-corrected chi connectivity index (χ2v) is 10.2. The first-order valence-electron chi connectivity index (χ1n) is 7.95. The van der Waals surface area contributed by atoms with Gasteiger partial charge in [-0.05, 0) is 38.7 Å². The normalized spacial score (nSPS) is 13.1. The number of aromatic nitrogens is 1. The molecule has 1 heterocycles. The van der Waals surface area contributed by atoms with E-state index in [4.69, 9.17) is 0 Å². The van der Waals surface area contributed by atoms with Gasteiger partial charge in [-0.15, -0.1) is 0 Å². The molecule has 0 bridgehead atoms. The molecule has 1 atom stereocenters. The SMILES string of the molecule is CC(C)c1cccc(C(C)C)c1-n1c(C(C)(C)C)p[pH]c1=O. The molecule has 0 amide bonds. The van der Waals surface area contributed by atoms with Crippen LogP contribution in [0.2, 0.25) is 0 Å². The molecule has 2 nitrogen and oxygen atoms in total. The minimum absolute atomic E-state index is 0.0130. The van der Waals surface area contributed by atoms with E-state index in [0.717, 1.165) is 5.69 Å². The first-order valence-corrected chi connectivity index (χ1v) is 10.7. The number of benzene rings is 1. The molecule has 0 radical (unpaired) electrons. The summed E-state index contributed by atoms with van der Waals surface area (Å²) >= 11 is 0. The number of hydrogen-bond acceptors (Lipinski definition) is 1. The third-order valence-corrected chi connectivity index (χ3v) is 7.06. The average Bonchev–Trinajstić information content (AvgIpc) is 2.79. The van der Waals surface area contributed by atoms with Crippen LogP contribution in [0.5, 0.6) is 0 Å². The molecule has 0 aliphatic rings. The van der Waals surface area contributed by atoms with Gasteiger partial charge < -0.3 is 0 Å². The van der Waals surface area contributed by atoms with Gasteiger partial charge in [0.25, 0.3) is 5.29 Å². The Bertz CT molecular complexity index is 691. The van der Waals surface area contributed by atoms with Gasteiger partial charge in [-0.1, -0.05) is 66.7 Å². The predicted molar refractivity (Wildman–Crippen MR) is 101 cm³/mol. The molecule has 2 rings (SSSR count). The second kappa shape index (κ2) is 6.34. The van der Waals surface area contributed by atoms with Crippen molar-refractivity contribution in [1.82, 2.24) is 4.57 Å². The fourth-order valence-corrected chi connectivity index (χ4v) is 6.23. The van der Waals surface area contributed by atoms with Gasteiger partial charge in [-0.3, -0.25) is 9.36 Å². The van der Waals surface area contributed by atoms with Gasteiger partial charge in [0, 0.05) is 5.41 Å². The Morgan fingerprint density at radius 3 is 1.95 bits per heavy atom. The fraction of sp³-hybridized carbons (Fsp3) is 0.556. The molecule has 0 spiro atoms. The molecule has 0 saturated carbocycles. The van der Waals surface area contributed by atoms with Gasteiger partial charge in [0.05, 0.1) is 11.1 Å². The lowest BCUT2D eigenvalue weighted by Gasteiger charge is -2.25. The van der Waals surface area contributed by atoms with E-state index in [9.17, 15) is 4.79 Å². The number of nitrogens with zero attached hydrogens (tertiary/aromatic N) is 1. The van der Waals surface area contributed by atoms with E-state index in [2.05, 4.69) is 66.7 Å². The van der Waals surface area contributed by atoms with E-state index >= 15 is 0 Å². The van der Waals surface area contributed by atoms with Crippen LogP contribution in [0.4, 0.5) is 0 Å². The van der Waals surface area contributed by atoms with Crippen molar-refractivity contribution >= 4 is 15.7 Å². The van der Waals surface area contributed by atoms with Gasteiger partial charge >= 0.3 is 0 Å². The van der Waals surface area contributed by atoms with Crippen LogP contribution >= 0.6 is 15.7 Å². The smallest absolute Gasteiger partial charge is 0.272 e. The highest BCUT2D eigenvalue weighted by atomic mass is 31.8. The van der Waals surface area contributed by atoms with Crippen molar-refractivity contribution in [3.63, 3.8) is 0 Å². The first kappa shape index (κ1) is 17.5. The van der Waals surface area contributed by atoms with Crippen LogP contribution < -0.4 is 5.29 Å². The molecule has 1 aromatic heterocycles. The largest absolute Gasteiger partial charge is 0.274 e. The summed E-state index contributed by atoms with van der Waals surface area (Å²) in [6.07, 6.45) is 0. The Morgan fingerprint density at radius 2 is 1.55 bits per heavy atom. The molecule has 22 heavy (non-hydrogen) atoms. The standard InChI is InChI=1S/C18H27NOP2/c1-11(2)13-9-8-10-14(12(3)4)15(13)19-16(18(5,6)7)21-22-17(19)20/h8-12,22H,1-7H3. The zero-order valence-electron chi connectivity index (χ0n) is 14.7. The fourth-order valence-electron chi connectivity index (χ4n) is 2.78. The van der Waals surface area contributed by atoms with Crippen molar-refractivity contribution in [3.8, 4) is 5.69 Å². The quantitative estimate of drug-likeness (QED) is 0.675. The van der Waals surface area contributed by atoms with E-state index in [1.54, 1.807) is 0 Å². The lowest BCUT2D eigenvalue weighted by Crippen LogP contribution is -2.24. The minimum Gasteiger partial charge on any atom is -0.272 e. The molecule has 0 N–H and O–H groups in total. The summed E-state index contributed by atoms with van der Waals surface area (Å²) in [6, 6.07) is 6.49. The molecular weight excluding hydrogens is 308 g/mol. The van der Waals surface area contributed by atoms with Crippen LogP contribution in [0, 0.1) is 0 Å². The minimum atomic E-state index is 0.0130. The van der Waals surface area contributed by atoms with E-state index in [1.165, 1.54) is 24.4 Å². The topological polar surface area (TPSA) is 22.0 Å². The average molecular weight is 335 g/mol. The highest BCUT2D eigenvalue weighted by Crippen LogP contribution is 2.39. The third kappa shape index (κ3) is 3.24. The Balaban J connectivity index is 2.89. The molecule has 0 aliphatic heterocycles. The zero-order chi connectivity index (χ0) is 16.7. The molecule has 0 saturated heterocycles. The maximum atomic E-state index is 12.7. The monoisotopic (exact) mass is 335 g/mol. The molecule has 1 unspecified atom stereocenters. The highest BCUT2D eigenvalue weighted by Gasteiger charge is 2.25. The first-order chi connectivity index (χ1) is 10.1. The van der Waals surface area contributed by atoms with E-state index < -0.39 is 0 Å². The van der Waals surface area contributed by atoms with Crippen molar-refractivity contribution < 1.29 is 0 Å². The predicted octanol–water partition coefficient (Wildman–Crippen LogP) is 5.99. The van der Waals surface area contributed by atoms with Crippen molar-refractivity contribution in [2.45, 2.75) is 65.7 Å². The maximum absolute atomic E-state index is 12.7. The van der Waals surface area contributed by atoms with Gasteiger partial charge in [-0.2, -0.15) is 0 Å². The van der Waals surface area contributed by atoms with Gasteiger partial charge in [0.1, 0.15) is 0 Å². The molecule has 0 aliphatic carbocycles. The van der Waals surface area contributed by atoms with Crippen LogP contribution in [0.1, 0.15) is 76.9 Å². The summed E-state index contributed by atoms with van der Waals surface area (Å²) < 4.78 is 2.05. The van der Waals surface area contributed by atoms with Crippen molar-refractivity contribution in [2.24, 2.45) is 0 Å². The molecule has 4 heteroatoms. The summed E-state index contributed by atoms with van der Waals surface area (Å²) in [6.45, 7) is 15.5. The third-order valence-electron chi connectivity index (χ3n) is 3.91. The molecule has 2 aromatic rings. The maximum Gasteiger partial charge on any atom is 0.274 e. The van der Waals surface area contributed by atoms with Gasteiger partial charge in [0.15, 0.2) is 0 Å². The number of rotatable bonds is 3.